The second-order valence-electron chi connectivity index (χ2n) is 5.88. The van der Waals surface area contributed by atoms with Gasteiger partial charge in [-0.3, -0.25) is 4.79 Å². The van der Waals surface area contributed by atoms with Gasteiger partial charge in [-0.2, -0.15) is 0 Å². The molecule has 1 aromatic carbocycles. The molecule has 0 spiro atoms. The number of ether oxygens (including phenoxy) is 1. The second kappa shape index (κ2) is 7.29. The summed E-state index contributed by atoms with van der Waals surface area (Å²) >= 11 is 0. The van der Waals surface area contributed by atoms with Crippen molar-refractivity contribution in [2.24, 2.45) is 0 Å². The summed E-state index contributed by atoms with van der Waals surface area (Å²) in [5, 5.41) is 12.4. The molecule has 1 amide bonds. The van der Waals surface area contributed by atoms with E-state index in [9.17, 15) is 14.7 Å². The van der Waals surface area contributed by atoms with Crippen LogP contribution < -0.4 is 10.1 Å². The highest BCUT2D eigenvalue weighted by Crippen LogP contribution is 2.27. The van der Waals surface area contributed by atoms with Crippen molar-refractivity contribution < 1.29 is 19.4 Å². The van der Waals surface area contributed by atoms with Gasteiger partial charge >= 0.3 is 5.97 Å². The van der Waals surface area contributed by atoms with Crippen molar-refractivity contribution in [3.8, 4) is 5.75 Å². The normalized spacial score (nSPS) is 17.3. The standard InChI is InChI=1S/C17H23NO4/c1-22-14-8-6-7-13(11-14)12-15(19)18-17(16(20)21)9-4-2-3-5-10-17/h6-8,11H,2-5,9-10,12H2,1H3,(H,18,19)(H,20,21). The molecule has 0 aromatic heterocycles. The van der Waals surface area contributed by atoms with Crippen LogP contribution in [0.1, 0.15) is 44.1 Å². The number of hydrogen-bond donors (Lipinski definition) is 2. The Bertz CT molecular complexity index is 533. The molecule has 0 saturated heterocycles. The van der Waals surface area contributed by atoms with Crippen LogP contribution in [0.3, 0.4) is 0 Å². The molecule has 0 aliphatic heterocycles. The van der Waals surface area contributed by atoms with Gasteiger partial charge in [-0.05, 0) is 30.5 Å². The van der Waals surface area contributed by atoms with Crippen LogP contribution in [0.4, 0.5) is 0 Å². The first-order valence-corrected chi connectivity index (χ1v) is 7.73. The average molecular weight is 305 g/mol. The molecule has 0 atom stereocenters. The van der Waals surface area contributed by atoms with Crippen molar-refractivity contribution in [1.29, 1.82) is 0 Å². The largest absolute Gasteiger partial charge is 0.497 e. The zero-order chi connectivity index (χ0) is 16.0. The van der Waals surface area contributed by atoms with E-state index in [4.69, 9.17) is 4.74 Å². The van der Waals surface area contributed by atoms with Crippen molar-refractivity contribution in [2.75, 3.05) is 7.11 Å². The summed E-state index contributed by atoms with van der Waals surface area (Å²) in [4.78, 5) is 24.0. The number of carboxylic acid groups (broad SMARTS) is 1. The van der Waals surface area contributed by atoms with Gasteiger partial charge in [0, 0.05) is 0 Å². The third-order valence-electron chi connectivity index (χ3n) is 4.24. The number of carbonyl (C=O) groups is 2. The first-order valence-electron chi connectivity index (χ1n) is 7.73. The highest BCUT2D eigenvalue weighted by Gasteiger charge is 2.39. The molecule has 1 aliphatic carbocycles. The molecule has 0 bridgehead atoms. The van der Waals surface area contributed by atoms with Crippen molar-refractivity contribution in [2.45, 2.75) is 50.5 Å². The van der Waals surface area contributed by atoms with E-state index in [0.29, 0.717) is 18.6 Å². The molecular formula is C17H23NO4. The molecule has 5 heteroatoms. The number of hydrogen-bond acceptors (Lipinski definition) is 3. The SMILES string of the molecule is COc1cccc(CC(=O)NC2(C(=O)O)CCCCCC2)c1. The zero-order valence-electron chi connectivity index (χ0n) is 12.9. The molecule has 22 heavy (non-hydrogen) atoms. The number of carboxylic acids is 1. The van der Waals surface area contributed by atoms with Crippen LogP contribution in [0.2, 0.25) is 0 Å². The Hall–Kier alpha value is -2.04. The number of aliphatic carboxylic acids is 1. The van der Waals surface area contributed by atoms with Gasteiger partial charge < -0.3 is 15.2 Å². The van der Waals surface area contributed by atoms with E-state index in [-0.39, 0.29) is 12.3 Å². The van der Waals surface area contributed by atoms with Gasteiger partial charge in [0.25, 0.3) is 0 Å². The Kier molecular flexibility index (Phi) is 5.41. The van der Waals surface area contributed by atoms with E-state index in [1.807, 2.05) is 18.2 Å². The Balaban J connectivity index is 2.06. The third-order valence-corrected chi connectivity index (χ3v) is 4.24. The van der Waals surface area contributed by atoms with E-state index >= 15 is 0 Å². The summed E-state index contributed by atoms with van der Waals surface area (Å²) in [6, 6.07) is 7.26. The number of amides is 1. The molecule has 1 saturated carbocycles. The summed E-state index contributed by atoms with van der Waals surface area (Å²) in [6.07, 6.45) is 4.91. The lowest BCUT2D eigenvalue weighted by Crippen LogP contribution is -2.54. The lowest BCUT2D eigenvalue weighted by Gasteiger charge is -2.29. The highest BCUT2D eigenvalue weighted by atomic mass is 16.5. The maximum absolute atomic E-state index is 12.3. The predicted molar refractivity (Wildman–Crippen MR) is 82.9 cm³/mol. The minimum Gasteiger partial charge on any atom is -0.497 e. The van der Waals surface area contributed by atoms with Crippen LogP contribution in [0.5, 0.6) is 5.75 Å². The van der Waals surface area contributed by atoms with Crippen LogP contribution in [0, 0.1) is 0 Å². The molecule has 120 valence electrons. The van der Waals surface area contributed by atoms with E-state index in [0.717, 1.165) is 31.2 Å². The molecule has 2 N–H and O–H groups in total. The van der Waals surface area contributed by atoms with Crippen LogP contribution in [-0.4, -0.2) is 29.6 Å². The van der Waals surface area contributed by atoms with E-state index < -0.39 is 11.5 Å². The molecule has 1 aromatic rings. The molecule has 1 fully saturated rings. The Morgan fingerprint density at radius 1 is 1.23 bits per heavy atom. The van der Waals surface area contributed by atoms with Crippen LogP contribution in [0.15, 0.2) is 24.3 Å². The van der Waals surface area contributed by atoms with Crippen molar-refractivity contribution in [3.63, 3.8) is 0 Å². The van der Waals surface area contributed by atoms with Gasteiger partial charge in [-0.25, -0.2) is 4.79 Å². The Morgan fingerprint density at radius 2 is 1.91 bits per heavy atom. The number of benzene rings is 1. The first kappa shape index (κ1) is 16.3. The van der Waals surface area contributed by atoms with Crippen molar-refractivity contribution in [3.05, 3.63) is 29.8 Å². The molecule has 0 heterocycles. The first-order chi connectivity index (χ1) is 10.6. The zero-order valence-corrected chi connectivity index (χ0v) is 12.9. The highest BCUT2D eigenvalue weighted by molar-refractivity contribution is 5.88. The fourth-order valence-corrected chi connectivity index (χ4v) is 3.00. The maximum Gasteiger partial charge on any atom is 0.329 e. The van der Waals surface area contributed by atoms with Crippen molar-refractivity contribution >= 4 is 11.9 Å². The lowest BCUT2D eigenvalue weighted by atomic mass is 9.90. The topological polar surface area (TPSA) is 75.6 Å². The molecule has 5 nitrogen and oxygen atoms in total. The van der Waals surface area contributed by atoms with Gasteiger partial charge in [0.15, 0.2) is 0 Å². The second-order valence-corrected chi connectivity index (χ2v) is 5.88. The molecule has 1 aliphatic rings. The minimum absolute atomic E-state index is 0.159. The summed E-state index contributed by atoms with van der Waals surface area (Å²) in [7, 11) is 1.57. The number of rotatable bonds is 5. The smallest absolute Gasteiger partial charge is 0.329 e. The number of carbonyl (C=O) groups excluding carboxylic acids is 1. The summed E-state index contributed by atoms with van der Waals surface area (Å²) in [5.74, 6) is -0.487. The van der Waals surface area contributed by atoms with Gasteiger partial charge in [0.05, 0.1) is 13.5 Å². The fraction of sp³-hybridized carbons (Fsp3) is 0.529. The molecule has 0 unspecified atom stereocenters. The number of nitrogens with one attached hydrogen (secondary N) is 1. The summed E-state index contributed by atoms with van der Waals surface area (Å²) < 4.78 is 5.14. The van der Waals surface area contributed by atoms with Gasteiger partial charge in [0.2, 0.25) is 5.91 Å². The molecule has 0 radical (unpaired) electrons. The van der Waals surface area contributed by atoms with E-state index in [2.05, 4.69) is 5.32 Å². The van der Waals surface area contributed by atoms with Crippen LogP contribution in [-0.2, 0) is 16.0 Å². The Labute approximate surface area is 130 Å². The molecule has 2 rings (SSSR count). The maximum atomic E-state index is 12.3. The van der Waals surface area contributed by atoms with E-state index in [1.165, 1.54) is 0 Å². The van der Waals surface area contributed by atoms with Gasteiger partial charge in [-0.1, -0.05) is 37.8 Å². The van der Waals surface area contributed by atoms with Gasteiger partial charge in [0.1, 0.15) is 11.3 Å². The molecular weight excluding hydrogens is 282 g/mol. The average Bonchev–Trinajstić information content (AvgIpc) is 2.74. The minimum atomic E-state index is -1.10. The summed E-state index contributed by atoms with van der Waals surface area (Å²) in [6.45, 7) is 0. The lowest BCUT2D eigenvalue weighted by molar-refractivity contribution is -0.148. The monoisotopic (exact) mass is 305 g/mol. The fourth-order valence-electron chi connectivity index (χ4n) is 3.00. The Morgan fingerprint density at radius 3 is 2.50 bits per heavy atom. The van der Waals surface area contributed by atoms with Crippen molar-refractivity contribution in [1.82, 2.24) is 5.32 Å². The third kappa shape index (κ3) is 4.00. The van der Waals surface area contributed by atoms with Gasteiger partial charge in [-0.15, -0.1) is 0 Å². The van der Waals surface area contributed by atoms with Crippen LogP contribution >= 0.6 is 0 Å². The quantitative estimate of drug-likeness (QED) is 0.820. The predicted octanol–water partition coefficient (Wildman–Crippen LogP) is 2.53. The number of methoxy groups -OCH3 is 1. The van der Waals surface area contributed by atoms with Crippen LogP contribution in [0.25, 0.3) is 0 Å². The summed E-state index contributed by atoms with van der Waals surface area (Å²) in [5.41, 5.74) is -0.294. The van der Waals surface area contributed by atoms with E-state index in [1.54, 1.807) is 13.2 Å².